The zero-order valence-corrected chi connectivity index (χ0v) is 10.8. The molecule has 6 nitrogen and oxygen atoms in total. The third-order valence-electron chi connectivity index (χ3n) is 2.44. The Hall–Kier alpha value is -2.12. The van der Waals surface area contributed by atoms with Gasteiger partial charge in [0.2, 0.25) is 0 Å². The number of benzene rings is 1. The largest absolute Gasteiger partial charge is 0.755 e. The van der Waals surface area contributed by atoms with Gasteiger partial charge in [0.05, 0.1) is 12.7 Å². The van der Waals surface area contributed by atoms with Gasteiger partial charge in [-0.25, -0.2) is 4.79 Å². The van der Waals surface area contributed by atoms with E-state index >= 15 is 0 Å². The fraction of sp³-hybridized carbons (Fsp3) is 0.0833. The predicted octanol–water partition coefficient (Wildman–Crippen LogP) is 1.47. The highest BCUT2D eigenvalue weighted by Gasteiger charge is 2.09. The lowest BCUT2D eigenvalue weighted by Crippen LogP contribution is -2.07. The lowest BCUT2D eigenvalue weighted by Gasteiger charge is -2.12. The van der Waals surface area contributed by atoms with E-state index in [1.807, 2.05) is 12.1 Å². The minimum Gasteiger partial charge on any atom is -0.755 e. The van der Waals surface area contributed by atoms with E-state index in [-0.39, 0.29) is 5.56 Å². The van der Waals surface area contributed by atoms with Crippen LogP contribution in [0.25, 0.3) is 5.69 Å². The van der Waals surface area contributed by atoms with Crippen LogP contribution in [0.3, 0.4) is 0 Å². The summed E-state index contributed by atoms with van der Waals surface area (Å²) in [7, 11) is 1.27. The predicted molar refractivity (Wildman–Crippen MR) is 69.7 cm³/mol. The first kappa shape index (κ1) is 13.3. The first-order chi connectivity index (χ1) is 9.10. The maximum atomic E-state index is 11.6. The SMILES string of the molecule is COC(=O)c1cc(NS(=O)[O-])cc(-n2cccc2)c1. The maximum Gasteiger partial charge on any atom is 0.337 e. The van der Waals surface area contributed by atoms with E-state index in [1.54, 1.807) is 29.1 Å². The maximum absolute atomic E-state index is 11.6. The van der Waals surface area contributed by atoms with E-state index in [9.17, 15) is 13.6 Å². The van der Waals surface area contributed by atoms with E-state index < -0.39 is 17.2 Å². The molecule has 0 spiro atoms. The number of ether oxygens (including phenoxy) is 1. The smallest absolute Gasteiger partial charge is 0.337 e. The molecule has 0 fully saturated rings. The lowest BCUT2D eigenvalue weighted by molar-refractivity contribution is 0.0600. The van der Waals surface area contributed by atoms with Crippen molar-refractivity contribution in [3.8, 4) is 5.69 Å². The van der Waals surface area contributed by atoms with E-state index in [4.69, 9.17) is 0 Å². The van der Waals surface area contributed by atoms with Crippen molar-refractivity contribution in [1.82, 2.24) is 4.57 Å². The van der Waals surface area contributed by atoms with Crippen molar-refractivity contribution in [2.75, 3.05) is 11.8 Å². The zero-order valence-electron chi connectivity index (χ0n) is 10.0. The van der Waals surface area contributed by atoms with Crippen LogP contribution in [0, 0.1) is 0 Å². The van der Waals surface area contributed by atoms with Crippen LogP contribution in [0.4, 0.5) is 5.69 Å². The first-order valence-corrected chi connectivity index (χ1v) is 6.40. The second-order valence-electron chi connectivity index (χ2n) is 3.69. The monoisotopic (exact) mass is 279 g/mol. The van der Waals surface area contributed by atoms with Gasteiger partial charge in [0.15, 0.2) is 0 Å². The van der Waals surface area contributed by atoms with E-state index in [0.717, 1.165) is 0 Å². The van der Waals surface area contributed by atoms with Crippen LogP contribution in [-0.2, 0) is 16.0 Å². The average Bonchev–Trinajstić information content (AvgIpc) is 2.90. The number of carbonyl (C=O) groups excluding carboxylic acids is 1. The van der Waals surface area contributed by atoms with Crippen molar-refractivity contribution in [3.05, 3.63) is 48.3 Å². The molecule has 1 aromatic carbocycles. The number of esters is 1. The van der Waals surface area contributed by atoms with Crippen LogP contribution in [0.5, 0.6) is 0 Å². The van der Waals surface area contributed by atoms with Crippen molar-refractivity contribution < 1.29 is 18.3 Å². The van der Waals surface area contributed by atoms with E-state index in [1.165, 1.54) is 13.2 Å². The fourth-order valence-corrected chi connectivity index (χ4v) is 1.97. The molecule has 1 unspecified atom stereocenters. The lowest BCUT2D eigenvalue weighted by atomic mass is 10.1. The van der Waals surface area contributed by atoms with Crippen LogP contribution >= 0.6 is 0 Å². The summed E-state index contributed by atoms with van der Waals surface area (Å²) in [5.41, 5.74) is 1.21. The van der Waals surface area contributed by atoms with Gasteiger partial charge in [-0.3, -0.25) is 4.21 Å². The summed E-state index contributed by atoms with van der Waals surface area (Å²) in [6.07, 6.45) is 3.57. The number of hydrogen-bond donors (Lipinski definition) is 1. The molecule has 2 aromatic rings. The second-order valence-corrected chi connectivity index (χ2v) is 4.36. The van der Waals surface area contributed by atoms with Crippen LogP contribution < -0.4 is 4.72 Å². The summed E-state index contributed by atoms with van der Waals surface area (Å²) < 4.78 is 30.0. The molecule has 0 saturated heterocycles. The van der Waals surface area contributed by atoms with Crippen molar-refractivity contribution >= 4 is 22.9 Å². The molecule has 1 aromatic heterocycles. The Labute approximate surface area is 112 Å². The molecule has 0 amide bonds. The molecule has 1 heterocycles. The van der Waals surface area contributed by atoms with Crippen LogP contribution in [0.1, 0.15) is 10.4 Å². The van der Waals surface area contributed by atoms with Gasteiger partial charge in [-0.05, 0) is 30.3 Å². The Morgan fingerprint density at radius 1 is 1.32 bits per heavy atom. The van der Waals surface area contributed by atoms with E-state index in [0.29, 0.717) is 11.4 Å². The first-order valence-electron chi connectivity index (χ1n) is 5.33. The molecular formula is C12H11N2O4S-. The quantitative estimate of drug-likeness (QED) is 0.678. The Kier molecular flexibility index (Phi) is 3.98. The highest BCUT2D eigenvalue weighted by Crippen LogP contribution is 2.19. The van der Waals surface area contributed by atoms with Crippen molar-refractivity contribution in [2.24, 2.45) is 0 Å². The van der Waals surface area contributed by atoms with Gasteiger partial charge < -0.3 is 18.6 Å². The van der Waals surface area contributed by atoms with Gasteiger partial charge in [-0.15, -0.1) is 0 Å². The summed E-state index contributed by atoms with van der Waals surface area (Å²) >= 11 is -2.46. The van der Waals surface area contributed by atoms with Gasteiger partial charge in [0, 0.05) is 35.0 Å². The summed E-state index contributed by atoms with van der Waals surface area (Å²) in [5, 5.41) is 0. The van der Waals surface area contributed by atoms with Crippen molar-refractivity contribution in [3.63, 3.8) is 0 Å². The Balaban J connectivity index is 2.48. The number of methoxy groups -OCH3 is 1. The molecule has 0 bridgehead atoms. The molecule has 7 heteroatoms. The van der Waals surface area contributed by atoms with Crippen molar-refractivity contribution in [1.29, 1.82) is 0 Å². The minimum absolute atomic E-state index is 0.265. The molecule has 1 N–H and O–H groups in total. The molecule has 0 saturated carbocycles. The number of carbonyl (C=O) groups is 1. The fourth-order valence-electron chi connectivity index (χ4n) is 1.66. The Bertz CT molecular complexity index is 610. The molecule has 100 valence electrons. The average molecular weight is 279 g/mol. The topological polar surface area (TPSA) is 83.4 Å². The van der Waals surface area contributed by atoms with Crippen LogP contribution in [-0.4, -0.2) is 26.4 Å². The summed E-state index contributed by atoms with van der Waals surface area (Å²) in [4.78, 5) is 11.6. The number of anilines is 1. The van der Waals surface area contributed by atoms with Gasteiger partial charge in [-0.1, -0.05) is 0 Å². The second kappa shape index (κ2) is 5.68. The van der Waals surface area contributed by atoms with E-state index in [2.05, 4.69) is 9.46 Å². The van der Waals surface area contributed by atoms with Gasteiger partial charge in [-0.2, -0.15) is 0 Å². The number of hydrogen-bond acceptors (Lipinski definition) is 4. The molecule has 0 aliphatic heterocycles. The molecular weight excluding hydrogens is 268 g/mol. The molecule has 1 atom stereocenters. The summed E-state index contributed by atoms with van der Waals surface area (Å²) in [6.45, 7) is 0. The standard InChI is InChI=1S/C12H12N2O4S/c1-18-12(15)9-6-10(13-19(16)17)8-11(7-9)14-4-2-3-5-14/h2-8,13H,1H3,(H,16,17)/p-1. The zero-order chi connectivity index (χ0) is 13.8. The molecule has 2 rings (SSSR count). The minimum atomic E-state index is -2.46. The number of rotatable bonds is 4. The molecule has 0 radical (unpaired) electrons. The number of nitrogens with one attached hydrogen (secondary N) is 1. The number of nitrogens with zero attached hydrogens (tertiary/aromatic N) is 1. The highest BCUT2D eigenvalue weighted by molar-refractivity contribution is 7.80. The highest BCUT2D eigenvalue weighted by atomic mass is 32.2. The normalized spacial score (nSPS) is 11.9. The van der Waals surface area contributed by atoms with Gasteiger partial charge >= 0.3 is 5.97 Å². The molecule has 0 aliphatic carbocycles. The molecule has 0 aliphatic rings. The Morgan fingerprint density at radius 2 is 2.00 bits per heavy atom. The van der Waals surface area contributed by atoms with Crippen LogP contribution in [0.15, 0.2) is 42.7 Å². The van der Waals surface area contributed by atoms with Gasteiger partial charge in [0.1, 0.15) is 0 Å². The van der Waals surface area contributed by atoms with Crippen molar-refractivity contribution in [2.45, 2.75) is 0 Å². The van der Waals surface area contributed by atoms with Gasteiger partial charge in [0.25, 0.3) is 0 Å². The third kappa shape index (κ3) is 3.21. The van der Waals surface area contributed by atoms with Crippen LogP contribution in [0.2, 0.25) is 0 Å². The summed E-state index contributed by atoms with van der Waals surface area (Å²) in [6, 6.07) is 8.29. The molecule has 19 heavy (non-hydrogen) atoms. The third-order valence-corrected chi connectivity index (χ3v) is 2.85. The Morgan fingerprint density at radius 3 is 2.58 bits per heavy atom. The summed E-state index contributed by atoms with van der Waals surface area (Å²) in [5.74, 6) is -0.534. The number of aromatic nitrogens is 1.